The van der Waals surface area contributed by atoms with E-state index in [1.54, 1.807) is 21.0 Å². The number of anilines is 1. The third-order valence-corrected chi connectivity index (χ3v) is 8.62. The van der Waals surface area contributed by atoms with Crippen LogP contribution in [0.15, 0.2) is 28.7 Å². The van der Waals surface area contributed by atoms with E-state index in [1.807, 2.05) is 45.8 Å². The average Bonchev–Trinajstić information content (AvgIpc) is 2.79. The van der Waals surface area contributed by atoms with Crippen molar-refractivity contribution in [2.45, 2.75) is 64.3 Å². The topological polar surface area (TPSA) is 177 Å². The Labute approximate surface area is 233 Å². The van der Waals surface area contributed by atoms with Gasteiger partial charge in [0.25, 0.3) is 5.91 Å². The van der Waals surface area contributed by atoms with Crippen molar-refractivity contribution in [1.82, 2.24) is 10.2 Å². The van der Waals surface area contributed by atoms with Gasteiger partial charge in [0.15, 0.2) is 11.4 Å². The maximum absolute atomic E-state index is 14.1. The first-order chi connectivity index (χ1) is 18.3. The van der Waals surface area contributed by atoms with Crippen molar-refractivity contribution >= 4 is 23.2 Å². The summed E-state index contributed by atoms with van der Waals surface area (Å²) in [5.74, 6) is -5.58. The van der Waals surface area contributed by atoms with E-state index in [1.165, 1.54) is 4.90 Å². The number of carbonyl (C=O) groups is 3. The summed E-state index contributed by atoms with van der Waals surface area (Å²) in [6.07, 6.45) is 0.238. The number of carbonyl (C=O) groups excluding carboxylic acids is 3. The molecule has 4 atom stereocenters. The van der Waals surface area contributed by atoms with E-state index < -0.39 is 57.5 Å². The van der Waals surface area contributed by atoms with Gasteiger partial charge in [-0.25, -0.2) is 0 Å². The molecule has 11 nitrogen and oxygen atoms in total. The number of phenolic OH excluding ortho intramolecular Hbond substituents is 1. The number of hydrogen-bond donors (Lipinski definition) is 6. The summed E-state index contributed by atoms with van der Waals surface area (Å²) in [4.78, 5) is 43.4. The molecule has 0 spiro atoms. The van der Waals surface area contributed by atoms with Gasteiger partial charge in [0, 0.05) is 48.4 Å². The fourth-order valence-corrected chi connectivity index (χ4v) is 6.83. The second-order valence-electron chi connectivity index (χ2n) is 12.9. The fraction of sp³-hybridized carbons (Fsp3) is 0.552. The number of nitrogens with two attached hydrogens (primary N) is 1. The highest BCUT2D eigenvalue weighted by Crippen LogP contribution is 2.59. The Morgan fingerprint density at radius 2 is 1.75 bits per heavy atom. The number of aromatic hydroxyl groups is 1. The Hall–Kier alpha value is -3.41. The third-order valence-electron chi connectivity index (χ3n) is 8.62. The maximum atomic E-state index is 14.1. The number of rotatable bonds is 5. The SMILES string of the molecule is CN(C)c1cc(CNC(C)(C)C)c(O)c2c1C[C@H]1C[C@@]3(C)[C@H](N(C)C)C(O)=C(C(N)=O)C(=O)[C@@]3(O)C(O)=C1C2=O. The highest BCUT2D eigenvalue weighted by molar-refractivity contribution is 6.25. The molecule has 40 heavy (non-hydrogen) atoms. The van der Waals surface area contributed by atoms with Gasteiger partial charge in [0.1, 0.15) is 22.8 Å². The predicted molar refractivity (Wildman–Crippen MR) is 149 cm³/mol. The number of primary amides is 1. The molecule has 0 radical (unpaired) electrons. The number of nitrogens with one attached hydrogen (secondary N) is 1. The molecule has 3 aliphatic rings. The molecule has 0 aromatic heterocycles. The number of nitrogens with zero attached hydrogens (tertiary/aromatic N) is 2. The summed E-state index contributed by atoms with van der Waals surface area (Å²) < 4.78 is 0. The summed E-state index contributed by atoms with van der Waals surface area (Å²) in [5.41, 5.74) is 1.68. The lowest BCUT2D eigenvalue weighted by Crippen LogP contribution is -2.69. The molecule has 3 aliphatic carbocycles. The van der Waals surface area contributed by atoms with Crippen molar-refractivity contribution in [3.8, 4) is 5.75 Å². The molecule has 4 rings (SSSR count). The summed E-state index contributed by atoms with van der Waals surface area (Å²) >= 11 is 0. The second kappa shape index (κ2) is 9.32. The molecule has 11 heteroatoms. The van der Waals surface area contributed by atoms with Gasteiger partial charge in [-0.1, -0.05) is 6.92 Å². The molecule has 0 fully saturated rings. The Bertz CT molecular complexity index is 1390. The van der Waals surface area contributed by atoms with Gasteiger partial charge in [0.05, 0.1) is 11.6 Å². The smallest absolute Gasteiger partial charge is 0.255 e. The predicted octanol–water partition coefficient (Wildman–Crippen LogP) is 1.46. The van der Waals surface area contributed by atoms with E-state index >= 15 is 0 Å². The number of aliphatic hydroxyl groups is 3. The number of allylic oxidation sites excluding steroid dienone is 1. The van der Waals surface area contributed by atoms with Crippen LogP contribution >= 0.6 is 0 Å². The fourth-order valence-electron chi connectivity index (χ4n) is 6.83. The first-order valence-electron chi connectivity index (χ1n) is 13.2. The standard InChI is InChI=1S/C29H40N4O7/c1-27(2,3)31-12-14-10-16(32(5)6)15-9-13-11-28(4)23(33(7)8)22(36)19(26(30)39)25(38)29(28,40)24(37)17(13)21(35)18(15)20(14)34/h10,13,23,31,34,36-37,40H,9,11-12H2,1-8H3,(H2,30,39)/t13-,23+,28-,29-/m0/s1. The number of likely N-dealkylation sites (N-methyl/N-ethyl adjacent to an activating group) is 1. The minimum atomic E-state index is -2.72. The molecule has 1 aromatic carbocycles. The van der Waals surface area contributed by atoms with Gasteiger partial charge >= 0.3 is 0 Å². The number of phenols is 1. The van der Waals surface area contributed by atoms with Crippen LogP contribution in [-0.2, 0) is 22.6 Å². The largest absolute Gasteiger partial charge is 0.510 e. The Morgan fingerprint density at radius 3 is 2.25 bits per heavy atom. The number of hydrogen-bond acceptors (Lipinski definition) is 10. The van der Waals surface area contributed by atoms with Gasteiger partial charge in [-0.15, -0.1) is 0 Å². The molecular formula is C29H40N4O7. The molecule has 7 N–H and O–H groups in total. The van der Waals surface area contributed by atoms with E-state index in [-0.39, 0.29) is 41.8 Å². The van der Waals surface area contributed by atoms with E-state index in [2.05, 4.69) is 5.32 Å². The zero-order chi connectivity index (χ0) is 30.3. The number of aliphatic hydroxyl groups excluding tert-OH is 2. The lowest BCUT2D eigenvalue weighted by molar-refractivity contribution is -0.165. The zero-order valence-corrected chi connectivity index (χ0v) is 24.3. The highest BCUT2D eigenvalue weighted by Gasteiger charge is 2.69. The second-order valence-corrected chi connectivity index (χ2v) is 12.9. The normalized spacial score (nSPS) is 28.4. The first kappa shape index (κ1) is 29.6. The van der Waals surface area contributed by atoms with Crippen molar-refractivity contribution in [2.24, 2.45) is 17.1 Å². The van der Waals surface area contributed by atoms with Gasteiger partial charge in [0.2, 0.25) is 5.78 Å². The maximum Gasteiger partial charge on any atom is 0.255 e. The van der Waals surface area contributed by atoms with Gasteiger partial charge in [-0.2, -0.15) is 0 Å². The van der Waals surface area contributed by atoms with Crippen LogP contribution in [0.5, 0.6) is 5.75 Å². The Morgan fingerprint density at radius 1 is 1.15 bits per heavy atom. The summed E-state index contributed by atoms with van der Waals surface area (Å²) in [6, 6.07) is 0.751. The molecule has 0 heterocycles. The van der Waals surface area contributed by atoms with Crippen LogP contribution < -0.4 is 16.0 Å². The quantitative estimate of drug-likeness (QED) is 0.291. The van der Waals surface area contributed by atoms with Crippen LogP contribution in [0, 0.1) is 11.3 Å². The van der Waals surface area contributed by atoms with Crippen molar-refractivity contribution in [2.75, 3.05) is 33.1 Å². The van der Waals surface area contributed by atoms with Crippen molar-refractivity contribution in [3.05, 3.63) is 45.4 Å². The summed E-state index contributed by atoms with van der Waals surface area (Å²) in [7, 11) is 6.87. The molecule has 0 saturated carbocycles. The van der Waals surface area contributed by atoms with Gasteiger partial charge in [-0.05, 0) is 65.3 Å². The van der Waals surface area contributed by atoms with Gasteiger partial charge < -0.3 is 36.4 Å². The molecule has 0 aliphatic heterocycles. The van der Waals surface area contributed by atoms with Crippen LogP contribution in [0.4, 0.5) is 5.69 Å². The monoisotopic (exact) mass is 556 g/mol. The van der Waals surface area contributed by atoms with Crippen molar-refractivity contribution in [1.29, 1.82) is 0 Å². The van der Waals surface area contributed by atoms with Crippen molar-refractivity contribution in [3.63, 3.8) is 0 Å². The van der Waals surface area contributed by atoms with E-state index in [0.717, 1.165) is 5.69 Å². The minimum absolute atomic E-state index is 0.00263. The van der Waals surface area contributed by atoms with Crippen molar-refractivity contribution < 1.29 is 34.8 Å². The molecule has 218 valence electrons. The number of benzene rings is 1. The molecule has 1 amide bonds. The minimum Gasteiger partial charge on any atom is -0.510 e. The lowest BCUT2D eigenvalue weighted by atomic mass is 9.51. The van der Waals surface area contributed by atoms with Crippen LogP contribution in [0.2, 0.25) is 0 Å². The van der Waals surface area contributed by atoms with E-state index in [0.29, 0.717) is 11.1 Å². The molecule has 0 unspecified atom stereocenters. The lowest BCUT2D eigenvalue weighted by Gasteiger charge is -2.57. The van der Waals surface area contributed by atoms with Crippen LogP contribution in [0.25, 0.3) is 0 Å². The molecular weight excluding hydrogens is 516 g/mol. The Balaban J connectivity index is 1.98. The molecule has 0 saturated heterocycles. The van der Waals surface area contributed by atoms with Crippen LogP contribution in [0.1, 0.15) is 55.6 Å². The van der Waals surface area contributed by atoms with Crippen LogP contribution in [-0.4, -0.2) is 88.2 Å². The Kier molecular flexibility index (Phi) is 6.89. The number of ketones is 2. The highest BCUT2D eigenvalue weighted by atomic mass is 16.4. The number of amides is 1. The number of fused-ring (bicyclic) bond motifs is 3. The summed E-state index contributed by atoms with van der Waals surface area (Å²) in [5, 5.41) is 49.3. The first-order valence-corrected chi connectivity index (χ1v) is 13.2. The zero-order valence-electron chi connectivity index (χ0n) is 24.3. The average molecular weight is 557 g/mol. The van der Waals surface area contributed by atoms with Gasteiger partial charge in [-0.3, -0.25) is 19.3 Å². The van der Waals surface area contributed by atoms with Crippen LogP contribution in [0.3, 0.4) is 0 Å². The molecule has 1 aromatic rings. The summed E-state index contributed by atoms with van der Waals surface area (Å²) in [6.45, 7) is 7.73. The van der Waals surface area contributed by atoms with E-state index in [4.69, 9.17) is 5.73 Å². The molecule has 0 bridgehead atoms. The third kappa shape index (κ3) is 4.02. The number of Topliss-reactive ketones (excluding diaryl/α,β-unsaturated/α-hetero) is 2. The van der Waals surface area contributed by atoms with E-state index in [9.17, 15) is 34.8 Å².